The van der Waals surface area contributed by atoms with E-state index < -0.39 is 5.97 Å². The molecule has 20 heavy (non-hydrogen) atoms. The zero-order chi connectivity index (χ0) is 14.5. The summed E-state index contributed by atoms with van der Waals surface area (Å²) in [6, 6.07) is 9.07. The molecule has 102 valence electrons. The maximum absolute atomic E-state index is 12.1. The Morgan fingerprint density at radius 1 is 1.45 bits per heavy atom. The first-order chi connectivity index (χ1) is 9.67. The molecule has 0 unspecified atom stereocenters. The van der Waals surface area contributed by atoms with Gasteiger partial charge in [-0.3, -0.25) is 0 Å². The second-order valence-electron chi connectivity index (χ2n) is 4.26. The maximum atomic E-state index is 12.1. The predicted molar refractivity (Wildman–Crippen MR) is 70.9 cm³/mol. The highest BCUT2D eigenvalue weighted by Crippen LogP contribution is 2.17. The molecule has 1 aromatic carbocycles. The van der Waals surface area contributed by atoms with E-state index in [1.54, 1.807) is 31.2 Å². The fourth-order valence-electron chi connectivity index (χ4n) is 1.89. The van der Waals surface area contributed by atoms with Crippen molar-refractivity contribution >= 4 is 5.97 Å². The summed E-state index contributed by atoms with van der Waals surface area (Å²) in [5.41, 5.74) is 2.14. The second kappa shape index (κ2) is 6.02. The number of carbonyl (C=O) groups is 1. The number of esters is 1. The number of hydrogen-bond acceptors (Lipinski definition) is 5. The van der Waals surface area contributed by atoms with Gasteiger partial charge in [0.05, 0.1) is 17.3 Å². The van der Waals surface area contributed by atoms with Crippen molar-refractivity contribution in [3.8, 4) is 6.07 Å². The van der Waals surface area contributed by atoms with E-state index in [0.29, 0.717) is 34.6 Å². The van der Waals surface area contributed by atoms with Gasteiger partial charge < -0.3 is 9.26 Å². The van der Waals surface area contributed by atoms with Crippen LogP contribution in [0.15, 0.2) is 28.8 Å². The molecule has 0 aliphatic carbocycles. The molecule has 0 saturated heterocycles. The molecule has 0 aliphatic heterocycles. The molecule has 1 aromatic heterocycles. The number of nitrogens with zero attached hydrogens (tertiary/aromatic N) is 2. The average molecular weight is 270 g/mol. The van der Waals surface area contributed by atoms with E-state index in [-0.39, 0.29) is 6.61 Å². The molecule has 5 nitrogen and oxygen atoms in total. The van der Waals surface area contributed by atoms with E-state index in [1.807, 2.05) is 6.92 Å². The smallest absolute Gasteiger partial charge is 0.344 e. The summed E-state index contributed by atoms with van der Waals surface area (Å²) < 4.78 is 10.2. The van der Waals surface area contributed by atoms with Crippen LogP contribution in [0, 0.1) is 18.3 Å². The molecule has 5 heteroatoms. The number of nitriles is 1. The van der Waals surface area contributed by atoms with Gasteiger partial charge in [0.25, 0.3) is 0 Å². The Kier molecular flexibility index (Phi) is 4.16. The highest BCUT2D eigenvalue weighted by molar-refractivity contribution is 5.91. The molecule has 0 spiro atoms. The lowest BCUT2D eigenvalue weighted by Crippen LogP contribution is -2.09. The Hall–Kier alpha value is -2.61. The van der Waals surface area contributed by atoms with Gasteiger partial charge in [-0.1, -0.05) is 30.3 Å². The number of hydrogen-bond donors (Lipinski definition) is 0. The summed E-state index contributed by atoms with van der Waals surface area (Å²) in [6.45, 7) is 3.61. The van der Waals surface area contributed by atoms with E-state index >= 15 is 0 Å². The Morgan fingerprint density at radius 3 is 2.90 bits per heavy atom. The molecule has 2 aromatic rings. The van der Waals surface area contributed by atoms with Crippen LogP contribution in [-0.2, 0) is 17.8 Å². The lowest BCUT2D eigenvalue weighted by Gasteiger charge is -2.06. The van der Waals surface area contributed by atoms with Crippen molar-refractivity contribution < 1.29 is 14.1 Å². The number of aryl methyl sites for hydroxylation is 2. The first kappa shape index (κ1) is 13.8. The zero-order valence-corrected chi connectivity index (χ0v) is 11.3. The first-order valence-corrected chi connectivity index (χ1v) is 6.27. The Balaban J connectivity index is 2.13. The molecular weight excluding hydrogens is 256 g/mol. The van der Waals surface area contributed by atoms with Crippen molar-refractivity contribution in [3.63, 3.8) is 0 Å². The minimum atomic E-state index is -0.478. The van der Waals surface area contributed by atoms with E-state index in [4.69, 9.17) is 14.5 Å². The third kappa shape index (κ3) is 2.69. The lowest BCUT2D eigenvalue weighted by molar-refractivity contribution is 0.0469. The molecule has 0 radical (unpaired) electrons. The second-order valence-corrected chi connectivity index (χ2v) is 4.26. The van der Waals surface area contributed by atoms with Crippen molar-refractivity contribution in [1.29, 1.82) is 5.26 Å². The summed E-state index contributed by atoms with van der Waals surface area (Å²) >= 11 is 0. The van der Waals surface area contributed by atoms with Crippen LogP contribution < -0.4 is 0 Å². The van der Waals surface area contributed by atoms with Crippen molar-refractivity contribution in [3.05, 3.63) is 52.4 Å². The van der Waals surface area contributed by atoms with Crippen molar-refractivity contribution in [2.45, 2.75) is 26.9 Å². The largest absolute Gasteiger partial charge is 0.457 e. The number of rotatable bonds is 4. The molecule has 0 amide bonds. The van der Waals surface area contributed by atoms with Crippen molar-refractivity contribution in [1.82, 2.24) is 5.16 Å². The Labute approximate surface area is 116 Å². The van der Waals surface area contributed by atoms with Gasteiger partial charge in [0.15, 0.2) is 0 Å². The monoisotopic (exact) mass is 270 g/mol. The molecule has 1 heterocycles. The SMILES string of the molecule is CCc1noc(C)c1C(=O)OCc1ccccc1C#N. The molecule has 0 atom stereocenters. The topological polar surface area (TPSA) is 76.1 Å². The summed E-state index contributed by atoms with van der Waals surface area (Å²) in [6.07, 6.45) is 0.594. The van der Waals surface area contributed by atoms with Crippen molar-refractivity contribution in [2.24, 2.45) is 0 Å². The lowest BCUT2D eigenvalue weighted by atomic mass is 10.1. The molecule has 0 bridgehead atoms. The van der Waals surface area contributed by atoms with Crippen LogP contribution in [0.4, 0.5) is 0 Å². The van der Waals surface area contributed by atoms with E-state index in [0.717, 1.165) is 0 Å². The third-order valence-electron chi connectivity index (χ3n) is 2.97. The van der Waals surface area contributed by atoms with Gasteiger partial charge in [0, 0.05) is 5.56 Å². The van der Waals surface area contributed by atoms with Gasteiger partial charge in [-0.05, 0) is 19.4 Å². The van der Waals surface area contributed by atoms with Crippen LogP contribution in [0.25, 0.3) is 0 Å². The summed E-state index contributed by atoms with van der Waals surface area (Å²) in [5.74, 6) is -0.0336. The highest BCUT2D eigenvalue weighted by atomic mass is 16.5. The Bertz CT molecular complexity index is 668. The molecular formula is C15H14N2O3. The zero-order valence-electron chi connectivity index (χ0n) is 11.3. The van der Waals surface area contributed by atoms with Gasteiger partial charge in [-0.15, -0.1) is 0 Å². The summed E-state index contributed by atoms with van der Waals surface area (Å²) in [7, 11) is 0. The van der Waals surface area contributed by atoms with Crippen LogP contribution in [0.1, 0.15) is 39.9 Å². The first-order valence-electron chi connectivity index (χ1n) is 6.27. The quantitative estimate of drug-likeness (QED) is 0.798. The third-order valence-corrected chi connectivity index (χ3v) is 2.97. The van der Waals surface area contributed by atoms with Crippen LogP contribution in [-0.4, -0.2) is 11.1 Å². The van der Waals surface area contributed by atoms with Gasteiger partial charge in [0.2, 0.25) is 0 Å². The van der Waals surface area contributed by atoms with Crippen LogP contribution >= 0.6 is 0 Å². The minimum Gasteiger partial charge on any atom is -0.457 e. The molecule has 2 rings (SSSR count). The molecule has 0 fully saturated rings. The fraction of sp³-hybridized carbons (Fsp3) is 0.267. The van der Waals surface area contributed by atoms with E-state index in [9.17, 15) is 4.79 Å². The van der Waals surface area contributed by atoms with Crippen LogP contribution in [0.5, 0.6) is 0 Å². The van der Waals surface area contributed by atoms with Gasteiger partial charge >= 0.3 is 5.97 Å². The highest BCUT2D eigenvalue weighted by Gasteiger charge is 2.20. The fourth-order valence-corrected chi connectivity index (χ4v) is 1.89. The normalized spacial score (nSPS) is 10.1. The minimum absolute atomic E-state index is 0.0519. The van der Waals surface area contributed by atoms with E-state index in [2.05, 4.69) is 11.2 Å². The maximum Gasteiger partial charge on any atom is 0.344 e. The Morgan fingerprint density at radius 2 is 2.20 bits per heavy atom. The standard InChI is InChI=1S/C15H14N2O3/c1-3-13-14(10(2)20-17-13)15(18)19-9-12-7-5-4-6-11(12)8-16/h4-7H,3,9H2,1-2H3. The molecule has 0 aliphatic rings. The number of carbonyl (C=O) groups excluding carboxylic acids is 1. The van der Waals surface area contributed by atoms with E-state index in [1.165, 1.54) is 0 Å². The van der Waals surface area contributed by atoms with Gasteiger partial charge in [-0.25, -0.2) is 4.79 Å². The summed E-state index contributed by atoms with van der Waals surface area (Å²) in [4.78, 5) is 12.1. The summed E-state index contributed by atoms with van der Waals surface area (Å²) in [5, 5.41) is 12.8. The number of aromatic nitrogens is 1. The predicted octanol–water partition coefficient (Wildman–Crippen LogP) is 2.77. The van der Waals surface area contributed by atoms with Crippen molar-refractivity contribution in [2.75, 3.05) is 0 Å². The van der Waals surface area contributed by atoms with Gasteiger partial charge in [-0.2, -0.15) is 5.26 Å². The van der Waals surface area contributed by atoms with Gasteiger partial charge in [0.1, 0.15) is 17.9 Å². The molecule has 0 N–H and O–H groups in total. The molecule has 0 saturated carbocycles. The number of benzene rings is 1. The van der Waals surface area contributed by atoms with Crippen LogP contribution in [0.3, 0.4) is 0 Å². The van der Waals surface area contributed by atoms with Crippen LogP contribution in [0.2, 0.25) is 0 Å². The average Bonchev–Trinajstić information content (AvgIpc) is 2.86. The number of ether oxygens (including phenoxy) is 1.